The van der Waals surface area contributed by atoms with Crippen molar-refractivity contribution in [2.75, 3.05) is 11.9 Å². The number of carbonyl (C=O) groups is 3. The van der Waals surface area contributed by atoms with Crippen molar-refractivity contribution in [3.05, 3.63) is 136 Å². The molecule has 0 atom stereocenters. The van der Waals surface area contributed by atoms with Crippen molar-refractivity contribution < 1.29 is 28.8 Å². The van der Waals surface area contributed by atoms with Crippen LogP contribution in [-0.4, -0.2) is 35.5 Å². The van der Waals surface area contributed by atoms with Crippen molar-refractivity contribution in [3.63, 3.8) is 0 Å². The second-order valence-corrected chi connectivity index (χ2v) is 8.85. The minimum absolute atomic E-state index is 0.0940. The van der Waals surface area contributed by atoms with Crippen molar-refractivity contribution in [1.82, 2.24) is 5.43 Å². The van der Waals surface area contributed by atoms with Crippen LogP contribution in [0.5, 0.6) is 11.5 Å². The number of nitro groups is 1. The topological polar surface area (TPSA) is 149 Å². The van der Waals surface area contributed by atoms with Gasteiger partial charge in [-0.3, -0.25) is 19.7 Å². The number of rotatable bonds is 11. The fourth-order valence-corrected chi connectivity index (χ4v) is 3.77. The zero-order valence-corrected chi connectivity index (χ0v) is 22.9. The van der Waals surface area contributed by atoms with E-state index in [1.807, 2.05) is 6.07 Å². The van der Waals surface area contributed by atoms with Crippen LogP contribution in [0.25, 0.3) is 6.08 Å². The van der Waals surface area contributed by atoms with Crippen LogP contribution >= 0.6 is 0 Å². The van der Waals surface area contributed by atoms with Gasteiger partial charge in [0.05, 0.1) is 17.7 Å². The van der Waals surface area contributed by atoms with E-state index in [9.17, 15) is 24.5 Å². The van der Waals surface area contributed by atoms with Gasteiger partial charge in [-0.2, -0.15) is 5.10 Å². The Morgan fingerprint density at radius 3 is 2.37 bits per heavy atom. The Balaban J connectivity index is 1.37. The molecule has 4 rings (SSSR count). The van der Waals surface area contributed by atoms with Gasteiger partial charge in [0.1, 0.15) is 0 Å². The van der Waals surface area contributed by atoms with Crippen LogP contribution in [0.2, 0.25) is 0 Å². The van der Waals surface area contributed by atoms with Crippen molar-refractivity contribution >= 4 is 41.4 Å². The maximum atomic E-state index is 12.6. The number of nitrogens with zero attached hydrogens (tertiary/aromatic N) is 2. The molecule has 0 unspecified atom stereocenters. The number of hydrazone groups is 1. The Morgan fingerprint density at radius 2 is 1.60 bits per heavy atom. The number of anilines is 1. The van der Waals surface area contributed by atoms with Crippen LogP contribution < -0.4 is 20.2 Å². The van der Waals surface area contributed by atoms with Crippen LogP contribution in [0.15, 0.2) is 108 Å². The number of carbonyl (C=O) groups excluding carboxylic acids is 3. The number of hydrogen-bond donors (Lipinski definition) is 2. The third-order valence-electron chi connectivity index (χ3n) is 5.77. The second kappa shape index (κ2) is 14.5. The second-order valence-electron chi connectivity index (χ2n) is 8.85. The van der Waals surface area contributed by atoms with Gasteiger partial charge in [0.15, 0.2) is 11.5 Å². The Morgan fingerprint density at radius 1 is 0.837 bits per heavy atom. The number of nitro benzene ring substituents is 1. The monoisotopic (exact) mass is 578 g/mol. The molecule has 0 aliphatic rings. The summed E-state index contributed by atoms with van der Waals surface area (Å²) >= 11 is 0. The van der Waals surface area contributed by atoms with Crippen molar-refractivity contribution in [2.45, 2.75) is 6.92 Å². The highest BCUT2D eigenvalue weighted by molar-refractivity contribution is 6.05. The van der Waals surface area contributed by atoms with Gasteiger partial charge in [0.2, 0.25) is 0 Å². The van der Waals surface area contributed by atoms with E-state index in [0.717, 1.165) is 6.08 Å². The Kier molecular flexibility index (Phi) is 10.1. The highest BCUT2D eigenvalue weighted by Crippen LogP contribution is 2.28. The quantitative estimate of drug-likeness (QED) is 0.0585. The first kappa shape index (κ1) is 29.9. The summed E-state index contributed by atoms with van der Waals surface area (Å²) in [5.41, 5.74) is 4.61. The van der Waals surface area contributed by atoms with Crippen LogP contribution in [0.3, 0.4) is 0 Å². The van der Waals surface area contributed by atoms with Gasteiger partial charge in [0, 0.05) is 35.0 Å². The van der Waals surface area contributed by atoms with Gasteiger partial charge in [-0.1, -0.05) is 36.4 Å². The molecule has 0 aromatic heterocycles. The Labute approximate surface area is 246 Å². The summed E-state index contributed by atoms with van der Waals surface area (Å²) in [5, 5.41) is 17.7. The van der Waals surface area contributed by atoms with Gasteiger partial charge >= 0.3 is 5.97 Å². The number of amides is 2. The summed E-state index contributed by atoms with van der Waals surface area (Å²) in [6.45, 7) is 2.06. The summed E-state index contributed by atoms with van der Waals surface area (Å²) in [6.07, 6.45) is 3.96. The first-order valence-corrected chi connectivity index (χ1v) is 13.0. The SMILES string of the molecule is CCOc1cc(C=NNC(=O)c2cccc(NC(=O)c3ccccc3)c2)ccc1OC(=O)/C=C/c1cccc([N+](=O)[O-])c1. The first-order chi connectivity index (χ1) is 20.8. The van der Waals surface area contributed by atoms with Gasteiger partial charge in [-0.25, -0.2) is 10.2 Å². The van der Waals surface area contributed by atoms with E-state index in [4.69, 9.17) is 9.47 Å². The molecule has 0 aliphatic carbocycles. The van der Waals surface area contributed by atoms with Crippen LogP contribution in [-0.2, 0) is 4.79 Å². The zero-order valence-electron chi connectivity index (χ0n) is 22.9. The van der Waals surface area contributed by atoms with Crippen LogP contribution in [0.1, 0.15) is 38.8 Å². The zero-order chi connectivity index (χ0) is 30.6. The lowest BCUT2D eigenvalue weighted by molar-refractivity contribution is -0.384. The summed E-state index contributed by atoms with van der Waals surface area (Å²) in [6, 6.07) is 25.7. The third kappa shape index (κ3) is 8.69. The van der Waals surface area contributed by atoms with E-state index in [1.54, 1.807) is 67.6 Å². The lowest BCUT2D eigenvalue weighted by Crippen LogP contribution is -2.18. The van der Waals surface area contributed by atoms with E-state index in [2.05, 4.69) is 15.8 Å². The van der Waals surface area contributed by atoms with Gasteiger partial charge < -0.3 is 14.8 Å². The molecular weight excluding hydrogens is 552 g/mol. The molecule has 0 radical (unpaired) electrons. The number of ether oxygens (including phenoxy) is 2. The van der Waals surface area contributed by atoms with E-state index >= 15 is 0 Å². The molecule has 0 saturated carbocycles. The highest BCUT2D eigenvalue weighted by atomic mass is 16.6. The molecule has 0 saturated heterocycles. The molecule has 0 spiro atoms. The van der Waals surface area contributed by atoms with E-state index in [-0.39, 0.29) is 23.1 Å². The molecule has 4 aromatic rings. The molecule has 2 amide bonds. The largest absolute Gasteiger partial charge is 0.490 e. The lowest BCUT2D eigenvalue weighted by Gasteiger charge is -2.10. The maximum absolute atomic E-state index is 12.6. The number of benzene rings is 4. The molecule has 4 aromatic carbocycles. The third-order valence-corrected chi connectivity index (χ3v) is 5.77. The summed E-state index contributed by atoms with van der Waals surface area (Å²) in [7, 11) is 0. The number of hydrogen-bond acceptors (Lipinski definition) is 8. The molecule has 0 aliphatic heterocycles. The fourth-order valence-electron chi connectivity index (χ4n) is 3.77. The van der Waals surface area contributed by atoms with E-state index in [1.165, 1.54) is 42.6 Å². The minimum Gasteiger partial charge on any atom is -0.490 e. The molecule has 11 heteroatoms. The standard InChI is InChI=1S/C32H26N4O7/c1-2-42-29-19-23(14-16-28(29)43-30(37)17-15-22-8-6-13-27(18-22)36(40)41)21-33-35-32(39)25-11-7-12-26(20-25)34-31(38)24-9-4-3-5-10-24/h3-21H,2H2,1H3,(H,34,38)(H,35,39)/b17-15+,33-21?. The van der Waals surface area contributed by atoms with E-state index in [0.29, 0.717) is 34.5 Å². The minimum atomic E-state index is -0.705. The van der Waals surface area contributed by atoms with Crippen LogP contribution in [0.4, 0.5) is 11.4 Å². The first-order valence-electron chi connectivity index (χ1n) is 13.0. The maximum Gasteiger partial charge on any atom is 0.336 e. The fraction of sp³-hybridized carbons (Fsp3) is 0.0625. The molecule has 0 bridgehead atoms. The number of non-ortho nitro benzene ring substituents is 1. The molecule has 0 heterocycles. The average Bonchev–Trinajstić information content (AvgIpc) is 3.02. The van der Waals surface area contributed by atoms with Crippen molar-refractivity contribution in [2.24, 2.45) is 5.10 Å². The predicted molar refractivity (Wildman–Crippen MR) is 161 cm³/mol. The smallest absolute Gasteiger partial charge is 0.336 e. The molecule has 0 fully saturated rings. The summed E-state index contributed by atoms with van der Waals surface area (Å²) in [5.74, 6) is -1.06. The van der Waals surface area contributed by atoms with E-state index < -0.39 is 16.8 Å². The summed E-state index contributed by atoms with van der Waals surface area (Å²) < 4.78 is 11.0. The number of esters is 1. The molecule has 2 N–H and O–H groups in total. The average molecular weight is 579 g/mol. The van der Waals surface area contributed by atoms with Gasteiger partial charge in [-0.05, 0) is 72.7 Å². The molecule has 216 valence electrons. The molecule has 11 nitrogen and oxygen atoms in total. The van der Waals surface area contributed by atoms with Crippen molar-refractivity contribution in [3.8, 4) is 11.5 Å². The van der Waals surface area contributed by atoms with Crippen molar-refractivity contribution in [1.29, 1.82) is 0 Å². The molecule has 43 heavy (non-hydrogen) atoms. The Bertz CT molecular complexity index is 1700. The normalized spacial score (nSPS) is 10.8. The molecular formula is C32H26N4O7. The predicted octanol–water partition coefficient (Wildman–Crippen LogP) is 5.63. The highest BCUT2D eigenvalue weighted by Gasteiger charge is 2.11. The van der Waals surface area contributed by atoms with Gasteiger partial charge in [-0.15, -0.1) is 0 Å². The lowest BCUT2D eigenvalue weighted by atomic mass is 10.1. The van der Waals surface area contributed by atoms with Gasteiger partial charge in [0.25, 0.3) is 17.5 Å². The number of nitrogens with one attached hydrogen (secondary N) is 2. The summed E-state index contributed by atoms with van der Waals surface area (Å²) in [4.78, 5) is 47.9. The van der Waals surface area contributed by atoms with Crippen LogP contribution in [0, 0.1) is 10.1 Å². The Hall–Kier alpha value is -6.10.